The average Bonchev–Trinajstić information content (AvgIpc) is 1.87. The fourth-order valence-corrected chi connectivity index (χ4v) is 0.647. The van der Waals surface area contributed by atoms with Gasteiger partial charge in [0.05, 0.1) is 12.2 Å². The number of hydrogen-bond donors (Lipinski definition) is 2. The molecule has 0 aromatic carbocycles. The SMILES string of the molecule is CCC(O)C[C@H](O)CC. The molecule has 0 saturated carbocycles. The van der Waals surface area contributed by atoms with Crippen molar-refractivity contribution in [3.05, 3.63) is 0 Å². The van der Waals surface area contributed by atoms with E-state index in [2.05, 4.69) is 0 Å². The monoisotopic (exact) mass is 132 g/mol. The largest absolute Gasteiger partial charge is 0.393 e. The normalized spacial score (nSPS) is 17.3. The van der Waals surface area contributed by atoms with Gasteiger partial charge in [0.1, 0.15) is 0 Å². The van der Waals surface area contributed by atoms with Crippen LogP contribution in [0.15, 0.2) is 0 Å². The van der Waals surface area contributed by atoms with Crippen molar-refractivity contribution in [3.63, 3.8) is 0 Å². The molecule has 0 spiro atoms. The van der Waals surface area contributed by atoms with Crippen molar-refractivity contribution >= 4 is 0 Å². The Morgan fingerprint density at radius 2 is 1.33 bits per heavy atom. The van der Waals surface area contributed by atoms with E-state index in [0.29, 0.717) is 6.42 Å². The van der Waals surface area contributed by atoms with Crippen LogP contribution in [0, 0.1) is 0 Å². The Balaban J connectivity index is 3.22. The zero-order valence-corrected chi connectivity index (χ0v) is 6.17. The van der Waals surface area contributed by atoms with Crippen LogP contribution in [0.4, 0.5) is 0 Å². The third-order valence-electron chi connectivity index (χ3n) is 1.49. The summed E-state index contributed by atoms with van der Waals surface area (Å²) in [7, 11) is 0. The summed E-state index contributed by atoms with van der Waals surface area (Å²) in [6, 6.07) is 0. The molecular formula is C7H16O2. The first-order chi connectivity index (χ1) is 4.20. The minimum absolute atomic E-state index is 0.319. The zero-order valence-electron chi connectivity index (χ0n) is 6.17. The van der Waals surface area contributed by atoms with Gasteiger partial charge < -0.3 is 10.2 Å². The molecule has 0 aliphatic carbocycles. The summed E-state index contributed by atoms with van der Waals surface area (Å²) in [6.45, 7) is 3.82. The standard InChI is InChI=1S/C7H16O2/c1-3-6(8)5-7(9)4-2/h6-9H,3-5H2,1-2H3/t6-,7?/m1/s1. The van der Waals surface area contributed by atoms with E-state index < -0.39 is 0 Å². The molecule has 0 aromatic heterocycles. The molecule has 2 atom stereocenters. The summed E-state index contributed by atoms with van der Waals surface area (Å²) in [5.41, 5.74) is 0. The van der Waals surface area contributed by atoms with Crippen molar-refractivity contribution < 1.29 is 10.2 Å². The molecule has 0 aliphatic rings. The molecular weight excluding hydrogens is 116 g/mol. The van der Waals surface area contributed by atoms with Gasteiger partial charge in [-0.2, -0.15) is 0 Å². The molecule has 0 heterocycles. The summed E-state index contributed by atoms with van der Waals surface area (Å²) in [6.07, 6.45) is 1.35. The smallest absolute Gasteiger partial charge is 0.0562 e. The molecule has 0 aromatic rings. The van der Waals surface area contributed by atoms with Gasteiger partial charge in [0.25, 0.3) is 0 Å². The molecule has 0 bridgehead atoms. The highest BCUT2D eigenvalue weighted by atomic mass is 16.3. The minimum atomic E-state index is -0.319. The van der Waals surface area contributed by atoms with Crippen LogP contribution in [-0.2, 0) is 0 Å². The van der Waals surface area contributed by atoms with Gasteiger partial charge in [-0.1, -0.05) is 13.8 Å². The van der Waals surface area contributed by atoms with Crippen LogP contribution in [0.3, 0.4) is 0 Å². The van der Waals surface area contributed by atoms with Crippen LogP contribution >= 0.6 is 0 Å². The highest BCUT2D eigenvalue weighted by Crippen LogP contribution is 2.03. The van der Waals surface area contributed by atoms with E-state index in [-0.39, 0.29) is 12.2 Å². The fourth-order valence-electron chi connectivity index (χ4n) is 0.647. The summed E-state index contributed by atoms with van der Waals surface area (Å²) in [4.78, 5) is 0. The lowest BCUT2D eigenvalue weighted by Crippen LogP contribution is -2.15. The van der Waals surface area contributed by atoms with E-state index in [1.54, 1.807) is 0 Å². The summed E-state index contributed by atoms with van der Waals surface area (Å²) >= 11 is 0. The molecule has 0 aliphatic heterocycles. The predicted octanol–water partition coefficient (Wildman–Crippen LogP) is 0.918. The number of hydrogen-bond acceptors (Lipinski definition) is 2. The quantitative estimate of drug-likeness (QED) is 0.597. The van der Waals surface area contributed by atoms with Gasteiger partial charge in [0.15, 0.2) is 0 Å². The second-order valence-electron chi connectivity index (χ2n) is 2.36. The lowest BCUT2D eigenvalue weighted by molar-refractivity contribution is 0.0765. The topological polar surface area (TPSA) is 40.5 Å². The van der Waals surface area contributed by atoms with E-state index >= 15 is 0 Å². The van der Waals surface area contributed by atoms with Crippen LogP contribution in [0.25, 0.3) is 0 Å². The third-order valence-corrected chi connectivity index (χ3v) is 1.49. The fraction of sp³-hybridized carbons (Fsp3) is 1.00. The first-order valence-corrected chi connectivity index (χ1v) is 3.56. The summed E-state index contributed by atoms with van der Waals surface area (Å²) in [5.74, 6) is 0. The van der Waals surface area contributed by atoms with Crippen LogP contribution in [0.2, 0.25) is 0 Å². The van der Waals surface area contributed by atoms with Gasteiger partial charge in [0.2, 0.25) is 0 Å². The van der Waals surface area contributed by atoms with Gasteiger partial charge >= 0.3 is 0 Å². The van der Waals surface area contributed by atoms with Crippen molar-refractivity contribution in [2.75, 3.05) is 0 Å². The molecule has 2 N–H and O–H groups in total. The van der Waals surface area contributed by atoms with Gasteiger partial charge in [-0.3, -0.25) is 0 Å². The number of rotatable bonds is 4. The van der Waals surface area contributed by atoms with E-state index in [9.17, 15) is 0 Å². The van der Waals surface area contributed by atoms with Crippen molar-refractivity contribution in [2.45, 2.75) is 45.3 Å². The molecule has 0 saturated heterocycles. The van der Waals surface area contributed by atoms with Gasteiger partial charge in [-0.25, -0.2) is 0 Å². The van der Waals surface area contributed by atoms with Gasteiger partial charge in [-0.15, -0.1) is 0 Å². The Bertz CT molecular complexity index is 55.9. The van der Waals surface area contributed by atoms with E-state index in [1.807, 2.05) is 13.8 Å². The summed E-state index contributed by atoms with van der Waals surface area (Å²) in [5, 5.41) is 18.0. The Morgan fingerprint density at radius 3 is 1.56 bits per heavy atom. The Kier molecular flexibility index (Phi) is 4.72. The maximum Gasteiger partial charge on any atom is 0.0562 e. The minimum Gasteiger partial charge on any atom is -0.393 e. The van der Waals surface area contributed by atoms with E-state index in [1.165, 1.54) is 0 Å². The van der Waals surface area contributed by atoms with Crippen molar-refractivity contribution in [1.82, 2.24) is 0 Å². The highest BCUT2D eigenvalue weighted by Gasteiger charge is 2.06. The maximum absolute atomic E-state index is 9.00. The second-order valence-corrected chi connectivity index (χ2v) is 2.36. The van der Waals surface area contributed by atoms with Crippen LogP contribution < -0.4 is 0 Å². The molecule has 0 fully saturated rings. The Morgan fingerprint density at radius 1 is 1.00 bits per heavy atom. The van der Waals surface area contributed by atoms with Gasteiger partial charge in [0, 0.05) is 0 Å². The molecule has 56 valence electrons. The lowest BCUT2D eigenvalue weighted by atomic mass is 10.1. The third kappa shape index (κ3) is 4.43. The summed E-state index contributed by atoms with van der Waals surface area (Å²) < 4.78 is 0. The van der Waals surface area contributed by atoms with Crippen molar-refractivity contribution in [2.24, 2.45) is 0 Å². The molecule has 9 heavy (non-hydrogen) atoms. The molecule has 2 heteroatoms. The average molecular weight is 132 g/mol. The zero-order chi connectivity index (χ0) is 7.28. The maximum atomic E-state index is 9.00. The Hall–Kier alpha value is -0.0800. The highest BCUT2D eigenvalue weighted by molar-refractivity contribution is 4.59. The molecule has 0 radical (unpaired) electrons. The number of aliphatic hydroxyl groups is 2. The second kappa shape index (κ2) is 4.77. The number of aliphatic hydroxyl groups excluding tert-OH is 2. The molecule has 2 nitrogen and oxygen atoms in total. The van der Waals surface area contributed by atoms with Gasteiger partial charge in [-0.05, 0) is 19.3 Å². The van der Waals surface area contributed by atoms with E-state index in [4.69, 9.17) is 10.2 Å². The lowest BCUT2D eigenvalue weighted by Gasteiger charge is -2.11. The van der Waals surface area contributed by atoms with Crippen LogP contribution in [0.5, 0.6) is 0 Å². The predicted molar refractivity (Wildman–Crippen MR) is 37.2 cm³/mol. The Labute approximate surface area is 56.5 Å². The van der Waals surface area contributed by atoms with E-state index in [0.717, 1.165) is 12.8 Å². The van der Waals surface area contributed by atoms with Crippen molar-refractivity contribution in [1.29, 1.82) is 0 Å². The molecule has 0 rings (SSSR count). The van der Waals surface area contributed by atoms with Crippen LogP contribution in [0.1, 0.15) is 33.1 Å². The first kappa shape index (κ1) is 8.92. The van der Waals surface area contributed by atoms with Crippen molar-refractivity contribution in [3.8, 4) is 0 Å². The molecule has 0 amide bonds. The first-order valence-electron chi connectivity index (χ1n) is 3.56. The molecule has 1 unspecified atom stereocenters. The van der Waals surface area contributed by atoms with Crippen LogP contribution in [-0.4, -0.2) is 22.4 Å².